The minimum atomic E-state index is -4.41. The lowest BCUT2D eigenvalue weighted by atomic mass is 10.0. The molecule has 0 spiro atoms. The van der Waals surface area contributed by atoms with E-state index in [-0.39, 0.29) is 42.8 Å². The van der Waals surface area contributed by atoms with Crippen molar-refractivity contribution in [2.45, 2.75) is 46.0 Å². The Balaban J connectivity index is 1.39. The van der Waals surface area contributed by atoms with Gasteiger partial charge in [0.25, 0.3) is 0 Å². The number of pyridine rings is 1. The van der Waals surface area contributed by atoms with Crippen molar-refractivity contribution in [2.75, 3.05) is 33.3 Å². The number of fused-ring (bicyclic) bond motifs is 1. The normalized spacial score (nSPS) is 11.7. The summed E-state index contributed by atoms with van der Waals surface area (Å²) in [5.41, 5.74) is 2.31. The molecule has 5 rings (SSSR count). The lowest BCUT2D eigenvalue weighted by Gasteiger charge is -2.22. The topological polar surface area (TPSA) is 54.8 Å². The number of aryl methyl sites for hydroxylation is 2. The van der Waals surface area contributed by atoms with Gasteiger partial charge in [-0.25, -0.2) is 8.78 Å². The summed E-state index contributed by atoms with van der Waals surface area (Å²) >= 11 is 0. The predicted molar refractivity (Wildman–Crippen MR) is 189 cm³/mol. The third-order valence-corrected chi connectivity index (χ3v) is 9.06. The molecule has 11 heteroatoms. The zero-order valence-electron chi connectivity index (χ0n) is 28.8. The molecule has 6 nitrogen and oxygen atoms in total. The van der Waals surface area contributed by atoms with Gasteiger partial charge in [0.05, 0.1) is 11.1 Å². The number of alkyl halides is 3. The minimum absolute atomic E-state index is 0.101. The number of hydrogen-bond acceptors (Lipinski definition) is 4. The van der Waals surface area contributed by atoms with Crippen LogP contribution >= 0.6 is 0 Å². The number of carbonyl (C=O) groups excluding carboxylic acids is 1. The third-order valence-electron chi connectivity index (χ3n) is 9.06. The number of aromatic nitrogens is 1. The van der Waals surface area contributed by atoms with Gasteiger partial charge >= 0.3 is 6.18 Å². The quantitative estimate of drug-likeness (QED) is 0.110. The van der Waals surface area contributed by atoms with E-state index < -0.39 is 23.4 Å². The van der Waals surface area contributed by atoms with Crippen molar-refractivity contribution in [3.05, 3.63) is 135 Å². The lowest BCUT2D eigenvalue weighted by Crippen LogP contribution is -2.31. The number of hydrogen-bond donors (Lipinski definition) is 0. The molecule has 4 aromatic carbocycles. The summed E-state index contributed by atoms with van der Waals surface area (Å²) in [7, 11) is 1.65. The molecule has 51 heavy (non-hydrogen) atoms. The van der Waals surface area contributed by atoms with E-state index in [0.29, 0.717) is 41.1 Å². The second-order valence-corrected chi connectivity index (χ2v) is 12.4. The first-order valence-electron chi connectivity index (χ1n) is 16.8. The van der Waals surface area contributed by atoms with Gasteiger partial charge < -0.3 is 19.1 Å². The molecule has 268 valence electrons. The predicted octanol–water partition coefficient (Wildman–Crippen LogP) is 8.13. The smallest absolute Gasteiger partial charge is 0.416 e. The molecule has 0 saturated heterocycles. The molecule has 0 saturated carbocycles. The van der Waals surface area contributed by atoms with Gasteiger partial charge in [-0.1, -0.05) is 62.4 Å². The highest BCUT2D eigenvalue weighted by molar-refractivity contribution is 5.84. The molecule has 0 bridgehead atoms. The summed E-state index contributed by atoms with van der Waals surface area (Å²) in [5.74, 6) is -1.64. The van der Waals surface area contributed by atoms with Crippen molar-refractivity contribution in [1.29, 1.82) is 0 Å². The van der Waals surface area contributed by atoms with E-state index in [1.807, 2.05) is 12.1 Å². The lowest BCUT2D eigenvalue weighted by molar-refractivity contribution is -0.137. The van der Waals surface area contributed by atoms with Crippen molar-refractivity contribution in [2.24, 2.45) is 0 Å². The molecule has 0 aliphatic rings. The van der Waals surface area contributed by atoms with Gasteiger partial charge in [0.15, 0.2) is 17.1 Å². The minimum Gasteiger partial charge on any atom is -0.492 e. The van der Waals surface area contributed by atoms with Crippen LogP contribution in [0.3, 0.4) is 0 Å². The molecule has 0 aliphatic heterocycles. The fraction of sp³-hybridized carbons (Fsp3) is 0.300. The van der Waals surface area contributed by atoms with Crippen LogP contribution in [0.5, 0.6) is 5.75 Å². The van der Waals surface area contributed by atoms with Crippen molar-refractivity contribution < 1.29 is 31.5 Å². The summed E-state index contributed by atoms with van der Waals surface area (Å²) in [5, 5.41) is 0.390. The van der Waals surface area contributed by atoms with Crippen LogP contribution in [0.2, 0.25) is 0 Å². The Labute approximate surface area is 293 Å². The number of likely N-dealkylation sites (N-methyl/N-ethyl adjacent to an activating group) is 2. The van der Waals surface area contributed by atoms with Crippen molar-refractivity contribution in [3.8, 4) is 16.9 Å². The number of rotatable bonds is 14. The second kappa shape index (κ2) is 16.3. The number of carbonyl (C=O) groups is 1. The summed E-state index contributed by atoms with van der Waals surface area (Å²) < 4.78 is 75.2. The molecule has 1 aromatic heterocycles. The molecule has 0 aliphatic carbocycles. The maximum atomic E-state index is 14.6. The van der Waals surface area contributed by atoms with Crippen molar-refractivity contribution >= 4 is 16.8 Å². The van der Waals surface area contributed by atoms with Gasteiger partial charge in [0.1, 0.15) is 18.9 Å². The van der Waals surface area contributed by atoms with Crippen molar-refractivity contribution in [1.82, 2.24) is 14.4 Å². The molecule has 0 N–H and O–H groups in total. The summed E-state index contributed by atoms with van der Waals surface area (Å²) in [6.07, 6.45) is -4.15. The molecule has 0 fully saturated rings. The Bertz CT molecular complexity index is 2020. The molecular formula is C40H40F5N3O3. The molecule has 0 radical (unpaired) electrons. The maximum Gasteiger partial charge on any atom is 0.416 e. The first kappa shape index (κ1) is 37.2. The fourth-order valence-corrected chi connectivity index (χ4v) is 6.00. The summed E-state index contributed by atoms with van der Waals surface area (Å²) in [6.45, 7) is 7.15. The SMILES string of the molecule is CCN(CC)CCOc1ccc2c(=O)cc(CCc3cccc(F)c3F)n(CC(=O)N(C)Cc3ccc(-c4ccc(C(F)(F)F)cc4)cc3)c2c1. The average Bonchev–Trinajstić information content (AvgIpc) is 3.12. The van der Waals surface area contributed by atoms with E-state index in [1.54, 1.807) is 41.9 Å². The number of nitrogens with zero attached hydrogens (tertiary/aromatic N) is 3. The number of halogens is 5. The largest absolute Gasteiger partial charge is 0.492 e. The van der Waals surface area contributed by atoms with Gasteiger partial charge in [-0.15, -0.1) is 0 Å². The van der Waals surface area contributed by atoms with Gasteiger partial charge in [0.2, 0.25) is 5.91 Å². The van der Waals surface area contributed by atoms with Crippen LogP contribution in [0.4, 0.5) is 22.0 Å². The molecule has 5 aromatic rings. The number of ether oxygens (including phenoxy) is 1. The molecule has 1 heterocycles. The standard InChI is InChI=1S/C40H40F5N3O3/c1-4-47(5-2)21-22-51-33-19-20-34-36(24-33)48(32(23-37(34)49)18-15-30-7-6-8-35(41)39(30)42)26-38(50)46(3)25-27-9-11-28(12-10-27)29-13-16-31(17-14-29)40(43,44)45/h6-14,16-17,19-20,23-24H,4-5,15,18,21-22,25-26H2,1-3H3. The summed E-state index contributed by atoms with van der Waals surface area (Å²) in [4.78, 5) is 30.8. The Morgan fingerprint density at radius 2 is 1.51 bits per heavy atom. The maximum absolute atomic E-state index is 14.6. The van der Waals surface area contributed by atoms with E-state index >= 15 is 0 Å². The van der Waals surface area contributed by atoms with Crippen LogP contribution < -0.4 is 10.2 Å². The van der Waals surface area contributed by atoms with Crippen molar-refractivity contribution in [3.63, 3.8) is 0 Å². The first-order valence-corrected chi connectivity index (χ1v) is 16.8. The molecule has 1 amide bonds. The highest BCUT2D eigenvalue weighted by Gasteiger charge is 2.30. The molecule has 0 unspecified atom stereocenters. The van der Waals surface area contributed by atoms with E-state index in [4.69, 9.17) is 4.74 Å². The Hall–Kier alpha value is -5.03. The van der Waals surface area contributed by atoms with Crippen LogP contribution in [-0.2, 0) is 36.9 Å². The van der Waals surface area contributed by atoms with E-state index in [0.717, 1.165) is 42.4 Å². The average molecular weight is 706 g/mol. The monoisotopic (exact) mass is 705 g/mol. The van der Waals surface area contributed by atoms with Gasteiger partial charge in [-0.2, -0.15) is 13.2 Å². The zero-order chi connectivity index (χ0) is 36.7. The Morgan fingerprint density at radius 3 is 2.16 bits per heavy atom. The van der Waals surface area contributed by atoms with Crippen LogP contribution in [-0.4, -0.2) is 53.6 Å². The molecular weight excluding hydrogens is 665 g/mol. The highest BCUT2D eigenvalue weighted by atomic mass is 19.4. The van der Waals surface area contributed by atoms with E-state index in [2.05, 4.69) is 18.7 Å². The van der Waals surface area contributed by atoms with E-state index in [1.165, 1.54) is 35.2 Å². The zero-order valence-corrected chi connectivity index (χ0v) is 28.8. The third kappa shape index (κ3) is 9.21. The second-order valence-electron chi connectivity index (χ2n) is 12.4. The van der Waals surface area contributed by atoms with Gasteiger partial charge in [-0.3, -0.25) is 9.59 Å². The Kier molecular flexibility index (Phi) is 11.9. The first-order chi connectivity index (χ1) is 24.4. The fourth-order valence-electron chi connectivity index (χ4n) is 6.00. The van der Waals surface area contributed by atoms with Crippen LogP contribution in [0, 0.1) is 11.6 Å². The highest BCUT2D eigenvalue weighted by Crippen LogP contribution is 2.31. The Morgan fingerprint density at radius 1 is 0.843 bits per heavy atom. The number of amides is 1. The van der Waals surface area contributed by atoms with Crippen LogP contribution in [0.15, 0.2) is 95.8 Å². The molecule has 0 atom stereocenters. The van der Waals surface area contributed by atoms with Gasteiger partial charge in [0, 0.05) is 43.4 Å². The van der Waals surface area contributed by atoms with Crippen LogP contribution in [0.25, 0.3) is 22.0 Å². The van der Waals surface area contributed by atoms with E-state index in [9.17, 15) is 31.5 Å². The van der Waals surface area contributed by atoms with Crippen LogP contribution in [0.1, 0.15) is 36.2 Å². The number of benzene rings is 4. The summed E-state index contributed by atoms with van der Waals surface area (Å²) in [6, 6.07) is 22.7. The van der Waals surface area contributed by atoms with Gasteiger partial charge in [-0.05, 0) is 78.5 Å².